The molecule has 2 atom stereocenters. The highest BCUT2D eigenvalue weighted by atomic mass is 16.5. The Kier molecular flexibility index (Phi) is 6.32. The fraction of sp³-hybridized carbons (Fsp3) is 1.00. The van der Waals surface area contributed by atoms with Crippen molar-refractivity contribution in [2.75, 3.05) is 34.0 Å². The van der Waals surface area contributed by atoms with Crippen LogP contribution in [0.3, 0.4) is 0 Å². The molecule has 0 heterocycles. The molecule has 0 radical (unpaired) electrons. The van der Waals surface area contributed by atoms with Gasteiger partial charge in [0, 0.05) is 19.8 Å². The van der Waals surface area contributed by atoms with Gasteiger partial charge in [0.2, 0.25) is 0 Å². The molecule has 0 amide bonds. The molecule has 96 valence electrons. The zero-order valence-corrected chi connectivity index (χ0v) is 11.1. The average molecular weight is 229 g/mol. The van der Waals surface area contributed by atoms with Gasteiger partial charge in [0.05, 0.1) is 13.2 Å². The summed E-state index contributed by atoms with van der Waals surface area (Å²) < 4.78 is 10.4. The van der Waals surface area contributed by atoms with Gasteiger partial charge in [-0.2, -0.15) is 0 Å². The second-order valence-electron chi connectivity index (χ2n) is 5.25. The van der Waals surface area contributed by atoms with Gasteiger partial charge in [0.1, 0.15) is 0 Å². The first kappa shape index (κ1) is 13.9. The molecule has 1 aliphatic carbocycles. The standard InChI is InChI=1S/C13H27NO2/c1-13(7-5-12(11-13)14-2)6-4-8-16-10-9-15-3/h12,14H,4-11H2,1-3H3. The molecule has 3 heteroatoms. The van der Waals surface area contributed by atoms with Crippen molar-refractivity contribution in [3.8, 4) is 0 Å². The van der Waals surface area contributed by atoms with Gasteiger partial charge in [0.25, 0.3) is 0 Å². The Morgan fingerprint density at radius 1 is 1.31 bits per heavy atom. The summed E-state index contributed by atoms with van der Waals surface area (Å²) in [5.41, 5.74) is 0.540. The number of nitrogens with one attached hydrogen (secondary N) is 1. The van der Waals surface area contributed by atoms with Gasteiger partial charge in [-0.05, 0) is 44.6 Å². The van der Waals surface area contributed by atoms with Gasteiger partial charge in [-0.15, -0.1) is 0 Å². The first-order chi connectivity index (χ1) is 7.70. The maximum absolute atomic E-state index is 5.49. The SMILES string of the molecule is CNC1CCC(C)(CCCOCCOC)C1. The molecule has 3 nitrogen and oxygen atoms in total. The topological polar surface area (TPSA) is 30.5 Å². The van der Waals surface area contributed by atoms with E-state index in [4.69, 9.17) is 9.47 Å². The minimum absolute atomic E-state index is 0.540. The molecular formula is C13H27NO2. The van der Waals surface area contributed by atoms with E-state index >= 15 is 0 Å². The van der Waals surface area contributed by atoms with E-state index in [9.17, 15) is 0 Å². The summed E-state index contributed by atoms with van der Waals surface area (Å²) in [6, 6.07) is 0.736. The van der Waals surface area contributed by atoms with Crippen LogP contribution in [0.15, 0.2) is 0 Å². The van der Waals surface area contributed by atoms with E-state index in [0.29, 0.717) is 12.0 Å². The molecule has 1 N–H and O–H groups in total. The Hall–Kier alpha value is -0.120. The second-order valence-corrected chi connectivity index (χ2v) is 5.25. The summed E-state index contributed by atoms with van der Waals surface area (Å²) in [7, 11) is 3.78. The number of rotatable bonds is 8. The predicted octanol–water partition coefficient (Wildman–Crippen LogP) is 2.21. The van der Waals surface area contributed by atoms with Crippen LogP contribution in [-0.4, -0.2) is 40.0 Å². The summed E-state index contributed by atoms with van der Waals surface area (Å²) in [6.07, 6.45) is 6.48. The molecule has 0 spiro atoms. The van der Waals surface area contributed by atoms with Crippen LogP contribution in [0.4, 0.5) is 0 Å². The lowest BCUT2D eigenvalue weighted by Gasteiger charge is -2.24. The summed E-state index contributed by atoms with van der Waals surface area (Å²) in [5, 5.41) is 3.39. The highest BCUT2D eigenvalue weighted by molar-refractivity contribution is 4.88. The summed E-state index contributed by atoms with van der Waals surface area (Å²) >= 11 is 0. The Labute approximate surface area is 99.9 Å². The lowest BCUT2D eigenvalue weighted by Crippen LogP contribution is -2.23. The monoisotopic (exact) mass is 229 g/mol. The van der Waals surface area contributed by atoms with Crippen LogP contribution in [0.5, 0.6) is 0 Å². The first-order valence-electron chi connectivity index (χ1n) is 6.44. The maximum atomic E-state index is 5.49. The Bertz CT molecular complexity index is 187. The van der Waals surface area contributed by atoms with Crippen LogP contribution >= 0.6 is 0 Å². The van der Waals surface area contributed by atoms with Gasteiger partial charge in [0.15, 0.2) is 0 Å². The van der Waals surface area contributed by atoms with E-state index in [1.54, 1.807) is 7.11 Å². The van der Waals surface area contributed by atoms with Gasteiger partial charge in [-0.3, -0.25) is 0 Å². The smallest absolute Gasteiger partial charge is 0.0700 e. The van der Waals surface area contributed by atoms with Crippen LogP contribution in [0.2, 0.25) is 0 Å². The van der Waals surface area contributed by atoms with E-state index in [1.807, 2.05) is 0 Å². The number of methoxy groups -OCH3 is 1. The normalized spacial score (nSPS) is 29.8. The highest BCUT2D eigenvalue weighted by Gasteiger charge is 2.33. The Morgan fingerprint density at radius 3 is 2.75 bits per heavy atom. The molecule has 0 aromatic heterocycles. The van der Waals surface area contributed by atoms with Crippen molar-refractivity contribution in [3.63, 3.8) is 0 Å². The summed E-state index contributed by atoms with van der Waals surface area (Å²) in [6.45, 7) is 4.73. The van der Waals surface area contributed by atoms with Gasteiger partial charge in [-0.25, -0.2) is 0 Å². The quantitative estimate of drug-likeness (QED) is 0.647. The van der Waals surface area contributed by atoms with E-state index in [2.05, 4.69) is 19.3 Å². The Morgan fingerprint density at radius 2 is 2.12 bits per heavy atom. The van der Waals surface area contributed by atoms with Crippen LogP contribution < -0.4 is 5.32 Å². The van der Waals surface area contributed by atoms with Crippen molar-refractivity contribution in [1.82, 2.24) is 5.32 Å². The van der Waals surface area contributed by atoms with Gasteiger partial charge < -0.3 is 14.8 Å². The molecule has 0 aromatic carbocycles. The third kappa shape index (κ3) is 4.81. The van der Waals surface area contributed by atoms with Crippen molar-refractivity contribution in [1.29, 1.82) is 0 Å². The maximum Gasteiger partial charge on any atom is 0.0700 e. The Balaban J connectivity index is 2.04. The minimum Gasteiger partial charge on any atom is -0.382 e. The van der Waals surface area contributed by atoms with Crippen LogP contribution in [0.1, 0.15) is 39.0 Å². The van der Waals surface area contributed by atoms with Crippen molar-refractivity contribution in [2.45, 2.75) is 45.1 Å². The summed E-state index contributed by atoms with van der Waals surface area (Å²) in [4.78, 5) is 0. The van der Waals surface area contributed by atoms with Crippen molar-refractivity contribution < 1.29 is 9.47 Å². The molecule has 0 saturated heterocycles. The largest absolute Gasteiger partial charge is 0.382 e. The molecule has 0 aromatic rings. The number of hydrogen-bond donors (Lipinski definition) is 1. The predicted molar refractivity (Wildman–Crippen MR) is 66.7 cm³/mol. The zero-order valence-electron chi connectivity index (χ0n) is 11.1. The van der Waals surface area contributed by atoms with Crippen LogP contribution in [0.25, 0.3) is 0 Å². The third-order valence-corrected chi connectivity index (χ3v) is 3.74. The highest BCUT2D eigenvalue weighted by Crippen LogP contribution is 2.41. The molecule has 1 saturated carbocycles. The molecule has 2 unspecified atom stereocenters. The molecular weight excluding hydrogens is 202 g/mol. The van der Waals surface area contributed by atoms with Crippen molar-refractivity contribution in [2.24, 2.45) is 5.41 Å². The van der Waals surface area contributed by atoms with Crippen LogP contribution in [0, 0.1) is 5.41 Å². The van der Waals surface area contributed by atoms with E-state index in [0.717, 1.165) is 19.3 Å². The fourth-order valence-corrected chi connectivity index (χ4v) is 2.64. The number of ether oxygens (including phenoxy) is 2. The van der Waals surface area contributed by atoms with Crippen molar-refractivity contribution in [3.05, 3.63) is 0 Å². The second kappa shape index (κ2) is 7.25. The van der Waals surface area contributed by atoms with Crippen molar-refractivity contribution >= 4 is 0 Å². The van der Waals surface area contributed by atoms with Gasteiger partial charge in [-0.1, -0.05) is 6.92 Å². The molecule has 1 fully saturated rings. The average Bonchev–Trinajstić information content (AvgIpc) is 2.66. The molecule has 16 heavy (non-hydrogen) atoms. The third-order valence-electron chi connectivity index (χ3n) is 3.74. The molecule has 1 aliphatic rings. The fourth-order valence-electron chi connectivity index (χ4n) is 2.64. The molecule has 1 rings (SSSR count). The lowest BCUT2D eigenvalue weighted by molar-refractivity contribution is 0.0643. The van der Waals surface area contributed by atoms with E-state index < -0.39 is 0 Å². The van der Waals surface area contributed by atoms with Gasteiger partial charge >= 0.3 is 0 Å². The lowest BCUT2D eigenvalue weighted by atomic mass is 9.84. The molecule has 0 bridgehead atoms. The van der Waals surface area contributed by atoms with E-state index in [-0.39, 0.29) is 0 Å². The zero-order chi connectivity index (χ0) is 11.9. The first-order valence-corrected chi connectivity index (χ1v) is 6.44. The van der Waals surface area contributed by atoms with Crippen LogP contribution in [-0.2, 0) is 9.47 Å². The summed E-state index contributed by atoms with van der Waals surface area (Å²) in [5.74, 6) is 0. The molecule has 0 aliphatic heterocycles. The minimum atomic E-state index is 0.540. The number of hydrogen-bond acceptors (Lipinski definition) is 3. The van der Waals surface area contributed by atoms with E-state index in [1.165, 1.54) is 32.1 Å².